The first-order valence-corrected chi connectivity index (χ1v) is 6.07. The van der Waals surface area contributed by atoms with Crippen LogP contribution in [0.5, 0.6) is 0 Å². The third-order valence-corrected chi connectivity index (χ3v) is 4.66. The summed E-state index contributed by atoms with van der Waals surface area (Å²) in [7, 11) is 1.42. The van der Waals surface area contributed by atoms with E-state index in [4.69, 9.17) is 0 Å². The van der Waals surface area contributed by atoms with E-state index >= 15 is 0 Å². The van der Waals surface area contributed by atoms with Gasteiger partial charge in [0.25, 0.3) is 0 Å². The van der Waals surface area contributed by atoms with Crippen molar-refractivity contribution in [3.05, 3.63) is 12.2 Å². The van der Waals surface area contributed by atoms with Crippen LogP contribution >= 0.6 is 0 Å². The molecule has 3 unspecified atom stereocenters. The molecule has 0 saturated heterocycles. The molecule has 0 N–H and O–H groups in total. The molecule has 16 heavy (non-hydrogen) atoms. The molecule has 2 aliphatic carbocycles. The Morgan fingerprint density at radius 2 is 1.88 bits per heavy atom. The molecule has 2 nitrogen and oxygen atoms in total. The topological polar surface area (TPSA) is 26.3 Å². The van der Waals surface area contributed by atoms with Gasteiger partial charge in [-0.15, -0.1) is 0 Å². The van der Waals surface area contributed by atoms with Crippen LogP contribution in [0.4, 0.5) is 0 Å². The summed E-state index contributed by atoms with van der Waals surface area (Å²) in [4.78, 5) is 11.1. The summed E-state index contributed by atoms with van der Waals surface area (Å²) in [6.45, 7) is 9.29. The van der Waals surface area contributed by atoms with Crippen LogP contribution in [-0.4, -0.2) is 13.1 Å². The van der Waals surface area contributed by atoms with Gasteiger partial charge in [-0.1, -0.05) is 33.8 Å². The predicted octanol–water partition coefficient (Wildman–Crippen LogP) is 3.03. The average Bonchev–Trinajstić information content (AvgIpc) is 2.96. The van der Waals surface area contributed by atoms with Crippen LogP contribution < -0.4 is 0 Å². The highest BCUT2D eigenvalue weighted by atomic mass is 16.5. The second kappa shape index (κ2) is 3.35. The Bertz CT molecular complexity index is 339. The number of carbonyl (C=O) groups excluding carboxylic acids is 1. The second-order valence-electron chi connectivity index (χ2n) is 6.55. The lowest BCUT2D eigenvalue weighted by Crippen LogP contribution is -1.97. The molecular formula is C14H22O2. The maximum Gasteiger partial charge on any atom is 0.330 e. The zero-order valence-electron chi connectivity index (χ0n) is 10.9. The molecule has 0 amide bonds. The summed E-state index contributed by atoms with van der Waals surface area (Å²) in [6, 6.07) is 0. The first kappa shape index (κ1) is 11.7. The van der Waals surface area contributed by atoms with E-state index in [1.54, 1.807) is 6.08 Å². The maximum atomic E-state index is 11.1. The van der Waals surface area contributed by atoms with E-state index < -0.39 is 0 Å². The van der Waals surface area contributed by atoms with Crippen molar-refractivity contribution in [2.75, 3.05) is 7.11 Å². The van der Waals surface area contributed by atoms with Crippen molar-refractivity contribution in [1.29, 1.82) is 0 Å². The molecule has 0 aromatic rings. The Morgan fingerprint density at radius 1 is 1.31 bits per heavy atom. The monoisotopic (exact) mass is 222 g/mol. The lowest BCUT2D eigenvalue weighted by atomic mass is 10.0. The summed E-state index contributed by atoms with van der Waals surface area (Å²) in [6.07, 6.45) is 4.97. The van der Waals surface area contributed by atoms with E-state index in [1.165, 1.54) is 13.5 Å². The van der Waals surface area contributed by atoms with Gasteiger partial charge in [-0.25, -0.2) is 4.79 Å². The van der Waals surface area contributed by atoms with Crippen LogP contribution in [0.3, 0.4) is 0 Å². The molecule has 0 radical (unpaired) electrons. The number of carbonyl (C=O) groups is 1. The molecule has 2 fully saturated rings. The summed E-state index contributed by atoms with van der Waals surface area (Å²) in [5.74, 6) is 1.91. The Morgan fingerprint density at radius 3 is 2.31 bits per heavy atom. The van der Waals surface area contributed by atoms with Crippen LogP contribution in [-0.2, 0) is 9.53 Å². The van der Waals surface area contributed by atoms with E-state index in [0.717, 1.165) is 11.8 Å². The maximum absolute atomic E-state index is 11.1. The fraction of sp³-hybridized carbons (Fsp3) is 0.786. The third-order valence-electron chi connectivity index (χ3n) is 4.66. The van der Waals surface area contributed by atoms with Crippen molar-refractivity contribution >= 4 is 5.97 Å². The number of esters is 1. The molecular weight excluding hydrogens is 200 g/mol. The molecule has 2 heteroatoms. The number of allylic oxidation sites excluding steroid dienone is 1. The molecule has 3 atom stereocenters. The Labute approximate surface area is 98.1 Å². The lowest BCUT2D eigenvalue weighted by molar-refractivity contribution is -0.134. The van der Waals surface area contributed by atoms with Crippen LogP contribution in [0.15, 0.2) is 12.2 Å². The van der Waals surface area contributed by atoms with E-state index in [2.05, 4.69) is 32.4 Å². The van der Waals surface area contributed by atoms with E-state index in [0.29, 0.717) is 16.7 Å². The zero-order chi connectivity index (χ0) is 12.1. The van der Waals surface area contributed by atoms with Crippen LogP contribution in [0, 0.1) is 28.6 Å². The minimum Gasteiger partial charge on any atom is -0.466 e. The fourth-order valence-electron chi connectivity index (χ4n) is 3.23. The van der Waals surface area contributed by atoms with Crippen molar-refractivity contribution in [2.24, 2.45) is 28.6 Å². The first-order chi connectivity index (χ1) is 7.30. The highest BCUT2D eigenvalue weighted by Crippen LogP contribution is 2.73. The van der Waals surface area contributed by atoms with Gasteiger partial charge in [-0.05, 0) is 35.0 Å². The molecule has 0 aromatic carbocycles. The number of hydrogen-bond donors (Lipinski definition) is 0. The molecule has 0 spiro atoms. The smallest absolute Gasteiger partial charge is 0.330 e. The van der Waals surface area contributed by atoms with Crippen molar-refractivity contribution in [2.45, 2.75) is 34.1 Å². The molecule has 2 saturated carbocycles. The number of ether oxygens (including phenoxy) is 1. The van der Waals surface area contributed by atoms with Crippen molar-refractivity contribution in [3.8, 4) is 0 Å². The van der Waals surface area contributed by atoms with Crippen molar-refractivity contribution in [3.63, 3.8) is 0 Å². The number of hydrogen-bond acceptors (Lipinski definition) is 2. The standard InChI is InChI=1S/C14H22O2/c1-13(2)8-10(13)12-9(14(12,3)4)6-7-11(15)16-5/h6-7,9-10,12H,8H2,1-5H3/b7-6+. The third kappa shape index (κ3) is 1.79. The molecule has 0 aliphatic heterocycles. The quantitative estimate of drug-likeness (QED) is 0.542. The molecule has 2 aliphatic rings. The summed E-state index contributed by atoms with van der Waals surface area (Å²) in [5.41, 5.74) is 0.888. The first-order valence-electron chi connectivity index (χ1n) is 6.07. The lowest BCUT2D eigenvalue weighted by Gasteiger charge is -2.03. The molecule has 0 aromatic heterocycles. The number of rotatable bonds is 3. The highest BCUT2D eigenvalue weighted by molar-refractivity contribution is 5.81. The fourth-order valence-corrected chi connectivity index (χ4v) is 3.23. The summed E-state index contributed by atoms with van der Waals surface area (Å²) in [5, 5.41) is 0. The highest BCUT2D eigenvalue weighted by Gasteiger charge is 2.67. The molecule has 90 valence electrons. The van der Waals surface area contributed by atoms with Gasteiger partial charge in [0.1, 0.15) is 0 Å². The van der Waals surface area contributed by atoms with Gasteiger partial charge in [0.15, 0.2) is 0 Å². The van der Waals surface area contributed by atoms with Gasteiger partial charge in [-0.3, -0.25) is 0 Å². The van der Waals surface area contributed by atoms with Crippen molar-refractivity contribution < 1.29 is 9.53 Å². The van der Waals surface area contributed by atoms with Gasteiger partial charge in [0, 0.05) is 6.08 Å². The molecule has 2 rings (SSSR count). The molecule has 0 heterocycles. The second-order valence-corrected chi connectivity index (χ2v) is 6.55. The Hall–Kier alpha value is -0.790. The van der Waals surface area contributed by atoms with Gasteiger partial charge < -0.3 is 4.74 Å². The largest absolute Gasteiger partial charge is 0.466 e. The minimum atomic E-state index is -0.239. The summed E-state index contributed by atoms with van der Waals surface area (Å²) >= 11 is 0. The van der Waals surface area contributed by atoms with Gasteiger partial charge in [-0.2, -0.15) is 0 Å². The summed E-state index contributed by atoms with van der Waals surface area (Å²) < 4.78 is 4.62. The Balaban J connectivity index is 1.98. The SMILES string of the molecule is COC(=O)/C=C/C1C(C2CC2(C)C)C1(C)C. The molecule has 0 bridgehead atoms. The van der Waals surface area contributed by atoms with Crippen LogP contribution in [0.1, 0.15) is 34.1 Å². The van der Waals surface area contributed by atoms with E-state index in [1.807, 2.05) is 6.08 Å². The average molecular weight is 222 g/mol. The van der Waals surface area contributed by atoms with Crippen molar-refractivity contribution in [1.82, 2.24) is 0 Å². The number of methoxy groups -OCH3 is 1. The van der Waals surface area contributed by atoms with Gasteiger partial charge in [0.05, 0.1) is 7.11 Å². The van der Waals surface area contributed by atoms with E-state index in [9.17, 15) is 4.79 Å². The van der Waals surface area contributed by atoms with Crippen LogP contribution in [0.2, 0.25) is 0 Å². The normalized spacial score (nSPS) is 38.4. The zero-order valence-corrected chi connectivity index (χ0v) is 10.9. The van der Waals surface area contributed by atoms with Gasteiger partial charge >= 0.3 is 5.97 Å². The minimum absolute atomic E-state index is 0.239. The predicted molar refractivity (Wildman–Crippen MR) is 63.8 cm³/mol. The van der Waals surface area contributed by atoms with E-state index in [-0.39, 0.29) is 5.97 Å². The Kier molecular flexibility index (Phi) is 2.45. The van der Waals surface area contributed by atoms with Gasteiger partial charge in [0.2, 0.25) is 0 Å². The van der Waals surface area contributed by atoms with Crippen LogP contribution in [0.25, 0.3) is 0 Å².